The molecule has 0 saturated heterocycles. The zero-order chi connectivity index (χ0) is 34.5. The SMILES string of the molecule is Nc1cc2c(O)c(N=Nc3ccc(N=Nc4ccc(S(=O)(=O)O)cc4)c4ccc(S(=O)O)cc34)c(S(=O)(=O)O)cc2cc1S(=O)(=O)O. The summed E-state index contributed by atoms with van der Waals surface area (Å²) in [5, 5.41) is 27.0. The van der Waals surface area contributed by atoms with Gasteiger partial charge in [-0.05, 0) is 72.1 Å². The minimum absolute atomic E-state index is 0.0363. The number of fused-ring (bicyclic) bond motifs is 2. The normalized spacial score (nSPS) is 13.6. The average Bonchev–Trinajstić information content (AvgIpc) is 2.98. The molecule has 1 unspecified atom stereocenters. The van der Waals surface area contributed by atoms with Crippen LogP contribution in [0, 0.1) is 0 Å². The molecule has 0 aliphatic carbocycles. The first-order valence-electron chi connectivity index (χ1n) is 12.5. The van der Waals surface area contributed by atoms with Crippen LogP contribution in [-0.2, 0) is 41.4 Å². The van der Waals surface area contributed by atoms with Crippen LogP contribution in [0.1, 0.15) is 0 Å². The fourth-order valence-electron chi connectivity index (χ4n) is 4.39. The molecule has 5 aromatic carbocycles. The lowest BCUT2D eigenvalue weighted by molar-refractivity contribution is 0.472. The zero-order valence-corrected chi connectivity index (χ0v) is 26.3. The zero-order valence-electron chi connectivity index (χ0n) is 23.0. The summed E-state index contributed by atoms with van der Waals surface area (Å²) in [5.41, 5.74) is 4.82. The third-order valence-electron chi connectivity index (χ3n) is 6.55. The topological polar surface area (TPSA) is 296 Å². The standard InChI is InChI=1S/C26H19N5O12S4/c27-20-12-18-13(9-23(20)46(38,39)40)10-24(47(41,42)43)25(26(18)32)31-30-22-8-7-21(17-6-3-15(44(33)34)11-19(17)22)29-28-14-1-4-16(5-2-14)45(35,36)37/h1-12,32H,27H2,(H,33,34)(H,35,36,37)(H,38,39,40)(H,41,42,43). The van der Waals surface area contributed by atoms with Crippen molar-refractivity contribution in [2.45, 2.75) is 19.6 Å². The van der Waals surface area contributed by atoms with Gasteiger partial charge in [0.15, 0.2) is 16.8 Å². The van der Waals surface area contributed by atoms with Gasteiger partial charge in [0, 0.05) is 16.2 Å². The third kappa shape index (κ3) is 7.01. The molecule has 0 spiro atoms. The van der Waals surface area contributed by atoms with Gasteiger partial charge in [-0.1, -0.05) is 6.07 Å². The lowest BCUT2D eigenvalue weighted by atomic mass is 10.1. The molecule has 5 aromatic rings. The second-order valence-electron chi connectivity index (χ2n) is 9.56. The molecule has 0 saturated carbocycles. The molecule has 17 nitrogen and oxygen atoms in total. The predicted octanol–water partition coefficient (Wildman–Crippen LogP) is 5.43. The van der Waals surface area contributed by atoms with Gasteiger partial charge in [-0.15, -0.1) is 15.3 Å². The van der Waals surface area contributed by atoms with E-state index in [2.05, 4.69) is 20.5 Å². The Balaban J connectivity index is 1.66. The minimum atomic E-state index is -5.13. The number of rotatable bonds is 8. The van der Waals surface area contributed by atoms with Gasteiger partial charge < -0.3 is 15.4 Å². The fourth-order valence-corrected chi connectivity index (χ4v) is 6.56. The van der Waals surface area contributed by atoms with Crippen molar-refractivity contribution in [3.05, 3.63) is 72.8 Å². The van der Waals surface area contributed by atoms with Crippen molar-refractivity contribution in [2.75, 3.05) is 5.73 Å². The van der Waals surface area contributed by atoms with Gasteiger partial charge in [0.1, 0.15) is 15.5 Å². The van der Waals surface area contributed by atoms with E-state index in [0.717, 1.165) is 30.3 Å². The molecule has 0 bridgehead atoms. The number of aromatic hydroxyl groups is 1. The van der Waals surface area contributed by atoms with Crippen LogP contribution in [0.5, 0.6) is 5.75 Å². The molecule has 47 heavy (non-hydrogen) atoms. The molecule has 1 atom stereocenters. The highest BCUT2D eigenvalue weighted by Gasteiger charge is 2.25. The molecular formula is C26H19N5O12S4. The summed E-state index contributed by atoms with van der Waals surface area (Å²) < 4.78 is 120. The first-order valence-corrected chi connectivity index (χ1v) is 17.9. The Morgan fingerprint density at radius 1 is 0.617 bits per heavy atom. The monoisotopic (exact) mass is 721 g/mol. The van der Waals surface area contributed by atoms with Crippen molar-refractivity contribution >= 4 is 91.4 Å². The van der Waals surface area contributed by atoms with Crippen LogP contribution in [0.15, 0.2) is 113 Å². The van der Waals surface area contributed by atoms with E-state index in [1.807, 2.05) is 0 Å². The summed E-state index contributed by atoms with van der Waals surface area (Å²) in [5.74, 6) is -0.876. The van der Waals surface area contributed by atoms with Crippen molar-refractivity contribution in [1.82, 2.24) is 0 Å². The highest BCUT2D eigenvalue weighted by molar-refractivity contribution is 7.86. The lowest BCUT2D eigenvalue weighted by Crippen LogP contribution is -2.04. The third-order valence-corrected chi connectivity index (χ3v) is 9.85. The van der Waals surface area contributed by atoms with Crippen LogP contribution in [0.25, 0.3) is 21.5 Å². The minimum Gasteiger partial charge on any atom is -0.505 e. The maximum Gasteiger partial charge on any atom is 0.296 e. The van der Waals surface area contributed by atoms with E-state index in [9.17, 15) is 48.2 Å². The van der Waals surface area contributed by atoms with E-state index in [0.29, 0.717) is 5.39 Å². The number of phenolic OH excluding ortho intramolecular Hbond substituents is 1. The Hall–Kier alpha value is -4.74. The summed E-state index contributed by atoms with van der Waals surface area (Å²) in [4.78, 5) is -2.19. The number of nitrogen functional groups attached to an aromatic ring is 1. The molecular weight excluding hydrogens is 703 g/mol. The summed E-state index contributed by atoms with van der Waals surface area (Å²) in [6.45, 7) is 0. The first-order chi connectivity index (χ1) is 21.8. The molecule has 0 fully saturated rings. The Morgan fingerprint density at radius 2 is 1.19 bits per heavy atom. The van der Waals surface area contributed by atoms with E-state index in [4.69, 9.17) is 10.3 Å². The summed E-state index contributed by atoms with van der Waals surface area (Å²) in [7, 11) is -14.4. The molecule has 0 aliphatic heterocycles. The van der Waals surface area contributed by atoms with E-state index in [-0.39, 0.29) is 43.0 Å². The van der Waals surface area contributed by atoms with Gasteiger partial charge in [-0.25, -0.2) is 4.21 Å². The van der Waals surface area contributed by atoms with Gasteiger partial charge in [-0.2, -0.15) is 30.4 Å². The molecule has 21 heteroatoms. The maximum atomic E-state index is 12.3. The van der Waals surface area contributed by atoms with Crippen LogP contribution < -0.4 is 5.73 Å². The molecule has 0 heterocycles. The lowest BCUT2D eigenvalue weighted by Gasteiger charge is -2.11. The van der Waals surface area contributed by atoms with E-state index in [1.54, 1.807) is 0 Å². The highest BCUT2D eigenvalue weighted by Crippen LogP contribution is 2.44. The Morgan fingerprint density at radius 3 is 1.77 bits per heavy atom. The second-order valence-corrected chi connectivity index (χ2v) is 14.7. The van der Waals surface area contributed by atoms with Crippen LogP contribution >= 0.6 is 0 Å². The number of nitrogens with two attached hydrogens (primary N) is 1. The molecule has 0 aromatic heterocycles. The van der Waals surface area contributed by atoms with Gasteiger partial charge >= 0.3 is 0 Å². The molecule has 0 aliphatic rings. The molecule has 7 N–H and O–H groups in total. The largest absolute Gasteiger partial charge is 0.505 e. The van der Waals surface area contributed by atoms with Gasteiger partial charge in [-0.3, -0.25) is 13.7 Å². The number of benzene rings is 5. The summed E-state index contributed by atoms with van der Waals surface area (Å²) >= 11 is -2.45. The highest BCUT2D eigenvalue weighted by atomic mass is 32.2. The molecule has 5 rings (SSSR count). The smallest absolute Gasteiger partial charge is 0.296 e. The number of nitrogens with zero attached hydrogens (tertiary/aromatic N) is 4. The van der Waals surface area contributed by atoms with E-state index < -0.39 is 68.4 Å². The van der Waals surface area contributed by atoms with Gasteiger partial charge in [0.05, 0.1) is 32.5 Å². The van der Waals surface area contributed by atoms with E-state index >= 15 is 0 Å². The number of phenols is 1. The Labute approximate surface area is 267 Å². The maximum absolute atomic E-state index is 12.3. The van der Waals surface area contributed by atoms with Gasteiger partial charge in [0.25, 0.3) is 30.4 Å². The van der Waals surface area contributed by atoms with Gasteiger partial charge in [0.2, 0.25) is 0 Å². The number of azo groups is 2. The van der Waals surface area contributed by atoms with Crippen molar-refractivity contribution in [2.24, 2.45) is 20.5 Å². The van der Waals surface area contributed by atoms with Crippen LogP contribution in [0.4, 0.5) is 28.4 Å². The number of anilines is 1. The summed E-state index contributed by atoms with van der Waals surface area (Å²) in [6, 6.07) is 14.0. The number of hydrogen-bond donors (Lipinski definition) is 6. The molecule has 0 radical (unpaired) electrons. The van der Waals surface area contributed by atoms with Crippen LogP contribution in [0.2, 0.25) is 0 Å². The molecule has 0 amide bonds. The first kappa shape index (κ1) is 33.6. The van der Waals surface area contributed by atoms with Crippen molar-refractivity contribution in [3.8, 4) is 5.75 Å². The quantitative estimate of drug-likeness (QED) is 0.0504. The Bertz CT molecular complexity index is 2540. The van der Waals surface area contributed by atoms with Crippen molar-refractivity contribution in [3.63, 3.8) is 0 Å². The fraction of sp³-hybridized carbons (Fsp3) is 0. The van der Waals surface area contributed by atoms with Crippen molar-refractivity contribution in [1.29, 1.82) is 0 Å². The van der Waals surface area contributed by atoms with Crippen LogP contribution in [0.3, 0.4) is 0 Å². The second kappa shape index (κ2) is 12.1. The van der Waals surface area contributed by atoms with Crippen LogP contribution in [-0.4, -0.2) is 52.8 Å². The Kier molecular flexibility index (Phi) is 8.67. The van der Waals surface area contributed by atoms with E-state index in [1.165, 1.54) is 42.5 Å². The van der Waals surface area contributed by atoms with Crippen molar-refractivity contribution < 1.29 is 52.8 Å². The summed E-state index contributed by atoms with van der Waals surface area (Å²) in [6.07, 6.45) is 0. The number of hydrogen-bond acceptors (Lipinski definition) is 13. The predicted molar refractivity (Wildman–Crippen MR) is 167 cm³/mol. The molecule has 244 valence electrons. The average molecular weight is 722 g/mol.